The Labute approximate surface area is 113 Å². The minimum Gasteiger partial charge on any atom is -0.361 e. The second-order valence-corrected chi connectivity index (χ2v) is 5.23. The first-order chi connectivity index (χ1) is 9.04. The van der Waals surface area contributed by atoms with Crippen molar-refractivity contribution in [3.63, 3.8) is 0 Å². The molecule has 1 aliphatic heterocycles. The Morgan fingerprint density at radius 2 is 2.11 bits per heavy atom. The van der Waals surface area contributed by atoms with E-state index < -0.39 is 0 Å². The molecule has 0 radical (unpaired) electrons. The molecule has 0 unspecified atom stereocenters. The maximum absolute atomic E-state index is 12.1. The molecule has 5 nitrogen and oxygen atoms in total. The van der Waals surface area contributed by atoms with Gasteiger partial charge in [-0.15, -0.1) is 0 Å². The topological polar surface area (TPSA) is 49.6 Å². The van der Waals surface area contributed by atoms with Crippen LogP contribution in [-0.2, 0) is 11.2 Å². The Balaban J connectivity index is 1.80. The quantitative estimate of drug-likeness (QED) is 0.767. The van der Waals surface area contributed by atoms with Crippen molar-refractivity contribution >= 4 is 5.91 Å². The third-order valence-electron chi connectivity index (χ3n) is 3.22. The fourth-order valence-electron chi connectivity index (χ4n) is 2.30. The number of amides is 1. The fourth-order valence-corrected chi connectivity index (χ4v) is 2.30. The third kappa shape index (κ3) is 3.92. The van der Waals surface area contributed by atoms with E-state index in [1.165, 1.54) is 0 Å². The Hall–Kier alpha value is -1.62. The van der Waals surface area contributed by atoms with Gasteiger partial charge in [0.25, 0.3) is 0 Å². The van der Waals surface area contributed by atoms with Gasteiger partial charge >= 0.3 is 0 Å². The lowest BCUT2D eigenvalue weighted by Crippen LogP contribution is -2.49. The molecule has 2 heterocycles. The summed E-state index contributed by atoms with van der Waals surface area (Å²) >= 11 is 0. The highest BCUT2D eigenvalue weighted by molar-refractivity contribution is 5.78. The van der Waals surface area contributed by atoms with Gasteiger partial charge in [0.05, 0.1) is 12.1 Å². The van der Waals surface area contributed by atoms with E-state index in [4.69, 9.17) is 4.52 Å². The van der Waals surface area contributed by atoms with Crippen LogP contribution in [0.3, 0.4) is 0 Å². The summed E-state index contributed by atoms with van der Waals surface area (Å²) in [4.78, 5) is 16.3. The fraction of sp³-hybridized carbons (Fsp3) is 0.571. The van der Waals surface area contributed by atoms with Crippen LogP contribution in [-0.4, -0.2) is 53.6 Å². The van der Waals surface area contributed by atoms with E-state index in [-0.39, 0.29) is 5.91 Å². The van der Waals surface area contributed by atoms with Crippen LogP contribution >= 0.6 is 0 Å². The molecule has 1 saturated heterocycles. The first-order valence-corrected chi connectivity index (χ1v) is 6.61. The first kappa shape index (κ1) is 13.8. The molecule has 1 aromatic rings. The average Bonchev–Trinajstić information content (AvgIpc) is 2.75. The largest absolute Gasteiger partial charge is 0.361 e. The number of hydrogen-bond donors (Lipinski definition) is 0. The molecule has 0 spiro atoms. The predicted octanol–water partition coefficient (Wildman–Crippen LogP) is 1.25. The molecule has 0 aliphatic carbocycles. The zero-order valence-electron chi connectivity index (χ0n) is 11.7. The maximum Gasteiger partial charge on any atom is 0.230 e. The van der Waals surface area contributed by atoms with Gasteiger partial charge in [-0.2, -0.15) is 0 Å². The second-order valence-electron chi connectivity index (χ2n) is 5.23. The number of hydrogen-bond acceptors (Lipinski definition) is 4. The van der Waals surface area contributed by atoms with Crippen LogP contribution in [0, 0.1) is 6.92 Å². The van der Waals surface area contributed by atoms with Crippen LogP contribution in [0.15, 0.2) is 22.7 Å². The van der Waals surface area contributed by atoms with Gasteiger partial charge in [0, 0.05) is 38.8 Å². The zero-order valence-corrected chi connectivity index (χ0v) is 11.7. The number of aryl methyl sites for hydroxylation is 1. The van der Waals surface area contributed by atoms with Crippen LogP contribution < -0.4 is 0 Å². The molecule has 1 fully saturated rings. The highest BCUT2D eigenvalue weighted by atomic mass is 16.5. The molecular weight excluding hydrogens is 242 g/mol. The highest BCUT2D eigenvalue weighted by Gasteiger charge is 2.21. The smallest absolute Gasteiger partial charge is 0.230 e. The van der Waals surface area contributed by atoms with Crippen LogP contribution in [0.25, 0.3) is 0 Å². The number of rotatable bonds is 4. The predicted molar refractivity (Wildman–Crippen MR) is 72.8 cm³/mol. The van der Waals surface area contributed by atoms with E-state index in [0.29, 0.717) is 12.2 Å². The van der Waals surface area contributed by atoms with Crippen LogP contribution in [0.1, 0.15) is 18.4 Å². The lowest BCUT2D eigenvalue weighted by atomic mass is 10.2. The minimum absolute atomic E-state index is 0.117. The van der Waals surface area contributed by atoms with Gasteiger partial charge < -0.3 is 9.42 Å². The Morgan fingerprint density at radius 3 is 2.63 bits per heavy atom. The molecule has 1 aromatic heterocycles. The number of carbonyl (C=O) groups excluding carboxylic acids is 1. The van der Waals surface area contributed by atoms with Crippen molar-refractivity contribution in [2.24, 2.45) is 0 Å². The molecule has 0 atom stereocenters. The van der Waals surface area contributed by atoms with E-state index >= 15 is 0 Å². The van der Waals surface area contributed by atoms with E-state index in [9.17, 15) is 4.79 Å². The minimum atomic E-state index is 0.117. The average molecular weight is 263 g/mol. The van der Waals surface area contributed by atoms with Gasteiger partial charge in [-0.05, 0) is 13.8 Å². The van der Waals surface area contributed by atoms with Crippen molar-refractivity contribution in [3.8, 4) is 0 Å². The molecular formula is C14H21N3O2. The summed E-state index contributed by atoms with van der Waals surface area (Å²) < 4.78 is 5.08. The number of aromatic nitrogens is 1. The van der Waals surface area contributed by atoms with Crippen molar-refractivity contribution in [3.05, 3.63) is 29.7 Å². The summed E-state index contributed by atoms with van der Waals surface area (Å²) in [6, 6.07) is 1.81. The SMILES string of the molecule is C=C(C)CN1CCN(C(=O)Cc2cc(C)no2)CC1. The van der Waals surface area contributed by atoms with Gasteiger partial charge in [0.2, 0.25) is 5.91 Å². The molecule has 0 saturated carbocycles. The van der Waals surface area contributed by atoms with Gasteiger partial charge in [-0.3, -0.25) is 9.69 Å². The van der Waals surface area contributed by atoms with Gasteiger partial charge in [-0.25, -0.2) is 0 Å². The standard InChI is InChI=1S/C14H21N3O2/c1-11(2)10-16-4-6-17(7-5-16)14(18)9-13-8-12(3)15-19-13/h8H,1,4-7,9-10H2,2-3H3. The van der Waals surface area contributed by atoms with Crippen molar-refractivity contribution in [2.45, 2.75) is 20.3 Å². The normalized spacial score (nSPS) is 16.6. The highest BCUT2D eigenvalue weighted by Crippen LogP contribution is 2.09. The summed E-state index contributed by atoms with van der Waals surface area (Å²) in [6.45, 7) is 12.1. The van der Waals surface area contributed by atoms with Gasteiger partial charge in [0.1, 0.15) is 5.76 Å². The van der Waals surface area contributed by atoms with Crippen molar-refractivity contribution in [1.29, 1.82) is 0 Å². The number of carbonyl (C=O) groups is 1. The van der Waals surface area contributed by atoms with E-state index in [2.05, 4.69) is 16.6 Å². The summed E-state index contributed by atoms with van der Waals surface area (Å²) in [5.74, 6) is 0.762. The Bertz CT molecular complexity index is 459. The van der Waals surface area contributed by atoms with Crippen LogP contribution in [0.5, 0.6) is 0 Å². The number of piperazine rings is 1. The lowest BCUT2D eigenvalue weighted by molar-refractivity contribution is -0.132. The summed E-state index contributed by atoms with van der Waals surface area (Å²) in [5, 5.41) is 3.80. The Kier molecular flexibility index (Phi) is 4.37. The van der Waals surface area contributed by atoms with E-state index in [1.54, 1.807) is 0 Å². The summed E-state index contributed by atoms with van der Waals surface area (Å²) in [5.41, 5.74) is 1.98. The van der Waals surface area contributed by atoms with E-state index in [1.807, 2.05) is 24.8 Å². The molecule has 5 heteroatoms. The Morgan fingerprint density at radius 1 is 1.42 bits per heavy atom. The molecule has 19 heavy (non-hydrogen) atoms. The second kappa shape index (κ2) is 6.02. The van der Waals surface area contributed by atoms with Crippen molar-refractivity contribution < 1.29 is 9.32 Å². The molecule has 1 amide bonds. The van der Waals surface area contributed by atoms with Crippen LogP contribution in [0.4, 0.5) is 0 Å². The van der Waals surface area contributed by atoms with Crippen molar-refractivity contribution in [1.82, 2.24) is 15.0 Å². The number of nitrogens with zero attached hydrogens (tertiary/aromatic N) is 3. The molecule has 0 bridgehead atoms. The molecule has 1 aliphatic rings. The molecule has 0 aromatic carbocycles. The summed E-state index contributed by atoms with van der Waals surface area (Å²) in [7, 11) is 0. The first-order valence-electron chi connectivity index (χ1n) is 6.61. The van der Waals surface area contributed by atoms with Gasteiger partial charge in [0.15, 0.2) is 0 Å². The van der Waals surface area contributed by atoms with Crippen molar-refractivity contribution in [2.75, 3.05) is 32.7 Å². The van der Waals surface area contributed by atoms with Gasteiger partial charge in [-0.1, -0.05) is 17.3 Å². The van der Waals surface area contributed by atoms with Crippen LogP contribution in [0.2, 0.25) is 0 Å². The van der Waals surface area contributed by atoms with E-state index in [0.717, 1.165) is 44.0 Å². The summed E-state index contributed by atoms with van der Waals surface area (Å²) in [6.07, 6.45) is 0.307. The lowest BCUT2D eigenvalue weighted by Gasteiger charge is -2.34. The maximum atomic E-state index is 12.1. The third-order valence-corrected chi connectivity index (χ3v) is 3.22. The molecule has 104 valence electrons. The molecule has 2 rings (SSSR count). The zero-order chi connectivity index (χ0) is 13.8. The monoisotopic (exact) mass is 263 g/mol. The molecule has 0 N–H and O–H groups in total.